The number of hydrogen-bond acceptors (Lipinski definition) is 6. The number of aryl methyl sites for hydroxylation is 1. The summed E-state index contributed by atoms with van der Waals surface area (Å²) in [5.74, 6) is -1.63. The number of nitrogens with one attached hydrogen (secondary N) is 3. The number of rotatable bonds is 6. The molecule has 1 fully saturated rings. The fourth-order valence-electron chi connectivity index (χ4n) is 4.94. The second-order valence-corrected chi connectivity index (χ2v) is 9.69. The van der Waals surface area contributed by atoms with Crippen LogP contribution in [0.4, 0.5) is 17.1 Å². The van der Waals surface area contributed by atoms with Gasteiger partial charge in [0, 0.05) is 70.3 Å². The summed E-state index contributed by atoms with van der Waals surface area (Å²) < 4.78 is 0. The third kappa shape index (κ3) is 6.41. The highest BCUT2D eigenvalue weighted by atomic mass is 16.2. The van der Waals surface area contributed by atoms with Crippen LogP contribution in [0, 0.1) is 0 Å². The average Bonchev–Trinajstić information content (AvgIpc) is 2.85. The van der Waals surface area contributed by atoms with Crippen molar-refractivity contribution in [3.05, 3.63) is 53.6 Å². The van der Waals surface area contributed by atoms with Crippen molar-refractivity contribution < 1.29 is 14.4 Å². The Morgan fingerprint density at radius 2 is 1.61 bits per heavy atom. The van der Waals surface area contributed by atoms with Gasteiger partial charge in [-0.1, -0.05) is 18.2 Å². The molecule has 0 saturated carbocycles. The van der Waals surface area contributed by atoms with Gasteiger partial charge >= 0.3 is 11.8 Å². The molecule has 3 amide bonds. The highest BCUT2D eigenvalue weighted by Gasteiger charge is 2.27. The van der Waals surface area contributed by atoms with Gasteiger partial charge in [-0.05, 0) is 55.3 Å². The third-order valence-corrected chi connectivity index (χ3v) is 6.92. The Balaban J connectivity index is 1.44. The van der Waals surface area contributed by atoms with E-state index in [4.69, 9.17) is 0 Å². The molecule has 36 heavy (non-hydrogen) atoms. The van der Waals surface area contributed by atoms with Crippen LogP contribution in [0.2, 0.25) is 0 Å². The van der Waals surface area contributed by atoms with Crippen LogP contribution in [-0.2, 0) is 20.8 Å². The van der Waals surface area contributed by atoms with Gasteiger partial charge in [0.2, 0.25) is 5.91 Å². The van der Waals surface area contributed by atoms with Gasteiger partial charge in [0.05, 0.1) is 6.04 Å². The Morgan fingerprint density at radius 3 is 2.33 bits per heavy atom. The molecule has 1 atom stereocenters. The van der Waals surface area contributed by atoms with Crippen molar-refractivity contribution in [1.29, 1.82) is 0 Å². The molecule has 0 spiro atoms. The minimum atomic E-state index is -0.737. The molecule has 2 aromatic carbocycles. The predicted octanol–water partition coefficient (Wildman–Crippen LogP) is 2.07. The van der Waals surface area contributed by atoms with Crippen molar-refractivity contribution in [1.82, 2.24) is 15.1 Å². The van der Waals surface area contributed by atoms with Crippen LogP contribution in [0.3, 0.4) is 0 Å². The van der Waals surface area contributed by atoms with Crippen molar-refractivity contribution in [2.24, 2.45) is 0 Å². The molecular weight excluding hydrogens is 456 g/mol. The van der Waals surface area contributed by atoms with Crippen molar-refractivity contribution in [2.75, 3.05) is 68.9 Å². The summed E-state index contributed by atoms with van der Waals surface area (Å²) in [6.45, 7) is 6.54. The Labute approximate surface area is 212 Å². The summed E-state index contributed by atoms with van der Waals surface area (Å²) in [6.07, 6.45) is 2.18. The lowest BCUT2D eigenvalue weighted by Gasteiger charge is -2.39. The molecule has 2 heterocycles. The SMILES string of the molecule is CC(=O)Nc1cccc(NC(=O)C(=O)NC[C@H](c2ccc3c(c2)CCCN3C)N2CCN(C)CC2)c1. The molecule has 4 rings (SSSR count). The maximum Gasteiger partial charge on any atom is 0.313 e. The molecule has 0 unspecified atom stereocenters. The van der Waals surface area contributed by atoms with Crippen LogP contribution < -0.4 is 20.9 Å². The van der Waals surface area contributed by atoms with E-state index in [9.17, 15) is 14.4 Å². The molecule has 2 aliphatic rings. The van der Waals surface area contributed by atoms with Gasteiger partial charge in [0.15, 0.2) is 0 Å². The Kier molecular flexibility index (Phi) is 8.22. The van der Waals surface area contributed by atoms with E-state index in [1.807, 2.05) is 0 Å². The second kappa shape index (κ2) is 11.5. The second-order valence-electron chi connectivity index (χ2n) is 9.69. The highest BCUT2D eigenvalue weighted by molar-refractivity contribution is 6.39. The summed E-state index contributed by atoms with van der Waals surface area (Å²) in [5.41, 5.74) is 4.76. The Morgan fingerprint density at radius 1 is 0.889 bits per heavy atom. The van der Waals surface area contributed by atoms with Crippen molar-refractivity contribution in [2.45, 2.75) is 25.8 Å². The van der Waals surface area contributed by atoms with Gasteiger partial charge in [0.1, 0.15) is 0 Å². The van der Waals surface area contributed by atoms with Crippen molar-refractivity contribution in [3.63, 3.8) is 0 Å². The lowest BCUT2D eigenvalue weighted by Crippen LogP contribution is -2.49. The molecule has 9 nitrogen and oxygen atoms in total. The highest BCUT2D eigenvalue weighted by Crippen LogP contribution is 2.31. The van der Waals surface area contributed by atoms with Crippen LogP contribution in [0.1, 0.15) is 30.5 Å². The normalized spacial score (nSPS) is 17.1. The largest absolute Gasteiger partial charge is 0.374 e. The van der Waals surface area contributed by atoms with E-state index in [0.717, 1.165) is 51.1 Å². The summed E-state index contributed by atoms with van der Waals surface area (Å²) >= 11 is 0. The zero-order chi connectivity index (χ0) is 25.7. The summed E-state index contributed by atoms with van der Waals surface area (Å²) in [5, 5.41) is 8.15. The molecule has 0 aromatic heterocycles. The maximum atomic E-state index is 12.7. The molecule has 9 heteroatoms. The van der Waals surface area contributed by atoms with E-state index < -0.39 is 11.8 Å². The van der Waals surface area contributed by atoms with Crippen molar-refractivity contribution >= 4 is 34.8 Å². The lowest BCUT2D eigenvalue weighted by molar-refractivity contribution is -0.136. The van der Waals surface area contributed by atoms with Gasteiger partial charge in [0.25, 0.3) is 0 Å². The molecule has 2 aromatic rings. The topological polar surface area (TPSA) is 97.0 Å². The summed E-state index contributed by atoms with van der Waals surface area (Å²) in [7, 11) is 4.24. The minimum Gasteiger partial charge on any atom is -0.374 e. The maximum absolute atomic E-state index is 12.7. The zero-order valence-electron chi connectivity index (χ0n) is 21.3. The van der Waals surface area contributed by atoms with Crippen LogP contribution >= 0.6 is 0 Å². The number of hydrogen-bond donors (Lipinski definition) is 3. The van der Waals surface area contributed by atoms with Gasteiger partial charge in [-0.25, -0.2) is 0 Å². The first-order valence-electron chi connectivity index (χ1n) is 12.5. The Hall–Kier alpha value is -3.43. The number of fused-ring (bicyclic) bond motifs is 1. The number of piperazine rings is 1. The number of likely N-dealkylation sites (N-methyl/N-ethyl adjacent to an activating group) is 1. The fourth-order valence-corrected chi connectivity index (χ4v) is 4.94. The fraction of sp³-hybridized carbons (Fsp3) is 0.444. The quantitative estimate of drug-likeness (QED) is 0.535. The van der Waals surface area contributed by atoms with Gasteiger partial charge < -0.3 is 25.8 Å². The van der Waals surface area contributed by atoms with E-state index >= 15 is 0 Å². The number of nitrogens with zero attached hydrogens (tertiary/aromatic N) is 3. The predicted molar refractivity (Wildman–Crippen MR) is 142 cm³/mol. The lowest BCUT2D eigenvalue weighted by atomic mass is 9.95. The molecule has 0 aliphatic carbocycles. The van der Waals surface area contributed by atoms with Gasteiger partial charge in [-0.2, -0.15) is 0 Å². The third-order valence-electron chi connectivity index (χ3n) is 6.92. The van der Waals surface area contributed by atoms with Crippen molar-refractivity contribution in [3.8, 4) is 0 Å². The summed E-state index contributed by atoms with van der Waals surface area (Å²) in [6, 6.07) is 13.3. The average molecular weight is 493 g/mol. The molecule has 3 N–H and O–H groups in total. The molecular formula is C27H36N6O3. The van der Waals surface area contributed by atoms with E-state index in [2.05, 4.69) is 62.9 Å². The van der Waals surface area contributed by atoms with Crippen LogP contribution in [-0.4, -0.2) is 80.9 Å². The first kappa shape index (κ1) is 25.7. The molecule has 0 radical (unpaired) electrons. The molecule has 1 saturated heterocycles. The standard InChI is InChI=1S/C27H36N6O3/c1-19(34)29-22-7-4-8-23(17-22)30-27(36)26(35)28-18-25(33-14-12-31(2)13-15-33)21-9-10-24-20(16-21)6-5-11-32(24)3/h4,7-10,16-17,25H,5-6,11-15,18H2,1-3H3,(H,28,35)(H,29,34)(H,30,36)/t25-/m1/s1. The van der Waals surface area contributed by atoms with Gasteiger partial charge in [-0.3, -0.25) is 19.3 Å². The molecule has 0 bridgehead atoms. The smallest absolute Gasteiger partial charge is 0.313 e. The van der Waals surface area contributed by atoms with E-state index in [0.29, 0.717) is 17.9 Å². The van der Waals surface area contributed by atoms with Gasteiger partial charge in [-0.15, -0.1) is 0 Å². The van der Waals surface area contributed by atoms with E-state index in [1.165, 1.54) is 18.2 Å². The number of carbonyl (C=O) groups is 3. The minimum absolute atomic E-state index is 0.0175. The van der Waals surface area contributed by atoms with E-state index in [1.54, 1.807) is 24.3 Å². The monoisotopic (exact) mass is 492 g/mol. The van der Waals surface area contributed by atoms with Crippen LogP contribution in [0.5, 0.6) is 0 Å². The summed E-state index contributed by atoms with van der Waals surface area (Å²) in [4.78, 5) is 43.6. The number of benzene rings is 2. The Bertz CT molecular complexity index is 1110. The van der Waals surface area contributed by atoms with Crippen LogP contribution in [0.15, 0.2) is 42.5 Å². The number of anilines is 3. The number of carbonyl (C=O) groups excluding carboxylic acids is 3. The number of amides is 3. The first-order chi connectivity index (χ1) is 17.3. The van der Waals surface area contributed by atoms with Crippen LogP contribution in [0.25, 0.3) is 0 Å². The first-order valence-corrected chi connectivity index (χ1v) is 12.5. The zero-order valence-corrected chi connectivity index (χ0v) is 21.3. The molecule has 192 valence electrons. The van der Waals surface area contributed by atoms with E-state index in [-0.39, 0.29) is 11.9 Å². The molecule has 2 aliphatic heterocycles.